The summed E-state index contributed by atoms with van der Waals surface area (Å²) in [6.45, 7) is 4.18. The summed E-state index contributed by atoms with van der Waals surface area (Å²) in [5, 5.41) is 0. The summed E-state index contributed by atoms with van der Waals surface area (Å²) in [6.07, 6.45) is 0. The van der Waals surface area contributed by atoms with Crippen LogP contribution in [0.1, 0.15) is 14.5 Å². The molecule has 4 heteroatoms. The Labute approximate surface area is 80.8 Å². The number of nitrogens with two attached hydrogens (primary N) is 1. The molecule has 70 valence electrons. The highest BCUT2D eigenvalue weighted by atomic mass is 32.1. The second kappa shape index (κ2) is 4.20. The van der Waals surface area contributed by atoms with Gasteiger partial charge in [0.15, 0.2) is 0 Å². The van der Waals surface area contributed by atoms with E-state index in [4.69, 9.17) is 5.73 Å². The molecule has 0 fully saturated rings. The van der Waals surface area contributed by atoms with E-state index in [0.717, 1.165) is 10.5 Å². The van der Waals surface area contributed by atoms with Crippen LogP contribution in [0.3, 0.4) is 0 Å². The third-order valence-electron chi connectivity index (χ3n) is 1.59. The molecule has 0 saturated heterocycles. The summed E-state index contributed by atoms with van der Waals surface area (Å²) >= 11 is 1.34. The highest BCUT2D eigenvalue weighted by Crippen LogP contribution is 2.22. The standard InChI is InChI=1S/C9H11NO2S/c1-6(5-10)7-3-4-8(13-7)9(11)12-2/h3-4H,1,5,10H2,2H3. The van der Waals surface area contributed by atoms with Crippen molar-refractivity contribution < 1.29 is 9.53 Å². The van der Waals surface area contributed by atoms with E-state index in [9.17, 15) is 4.79 Å². The first kappa shape index (κ1) is 9.95. The maximum absolute atomic E-state index is 11.1. The highest BCUT2D eigenvalue weighted by Gasteiger charge is 2.09. The van der Waals surface area contributed by atoms with Gasteiger partial charge < -0.3 is 10.5 Å². The Balaban J connectivity index is 2.86. The van der Waals surface area contributed by atoms with E-state index < -0.39 is 0 Å². The molecular formula is C9H11NO2S. The van der Waals surface area contributed by atoms with Gasteiger partial charge in [0.2, 0.25) is 0 Å². The first-order chi connectivity index (χ1) is 6.19. The fourth-order valence-corrected chi connectivity index (χ4v) is 1.74. The third-order valence-corrected chi connectivity index (χ3v) is 2.75. The van der Waals surface area contributed by atoms with Gasteiger partial charge in [0.1, 0.15) is 4.88 Å². The number of thiophene rings is 1. The Kier molecular flexibility index (Phi) is 3.22. The van der Waals surface area contributed by atoms with Crippen LogP contribution in [0, 0.1) is 0 Å². The highest BCUT2D eigenvalue weighted by molar-refractivity contribution is 7.15. The predicted octanol–water partition coefficient (Wildman–Crippen LogP) is 1.51. The van der Waals surface area contributed by atoms with Gasteiger partial charge in [-0.15, -0.1) is 11.3 Å². The molecule has 3 nitrogen and oxygen atoms in total. The molecule has 1 heterocycles. The smallest absolute Gasteiger partial charge is 0.348 e. The molecule has 0 atom stereocenters. The average molecular weight is 197 g/mol. The van der Waals surface area contributed by atoms with E-state index in [1.807, 2.05) is 6.07 Å². The monoisotopic (exact) mass is 197 g/mol. The molecule has 0 aromatic carbocycles. The molecule has 0 spiro atoms. The van der Waals surface area contributed by atoms with E-state index in [2.05, 4.69) is 11.3 Å². The van der Waals surface area contributed by atoms with Crippen molar-refractivity contribution in [3.05, 3.63) is 28.5 Å². The van der Waals surface area contributed by atoms with Gasteiger partial charge in [-0.25, -0.2) is 4.79 Å². The molecule has 13 heavy (non-hydrogen) atoms. The van der Waals surface area contributed by atoms with Gasteiger partial charge in [-0.3, -0.25) is 0 Å². The molecule has 1 aromatic rings. The Bertz CT molecular complexity index is 300. The molecule has 0 aliphatic carbocycles. The topological polar surface area (TPSA) is 52.3 Å². The van der Waals surface area contributed by atoms with Crippen molar-refractivity contribution in [3.8, 4) is 0 Å². The molecule has 1 aromatic heterocycles. The molecule has 0 unspecified atom stereocenters. The molecular weight excluding hydrogens is 186 g/mol. The maximum Gasteiger partial charge on any atom is 0.348 e. The van der Waals surface area contributed by atoms with Crippen LogP contribution in [-0.2, 0) is 4.74 Å². The van der Waals surface area contributed by atoms with E-state index >= 15 is 0 Å². The van der Waals surface area contributed by atoms with E-state index in [-0.39, 0.29) is 5.97 Å². The SMILES string of the molecule is C=C(CN)c1ccc(C(=O)OC)s1. The van der Waals surface area contributed by atoms with Crippen LogP contribution in [0.25, 0.3) is 5.57 Å². The van der Waals surface area contributed by atoms with Crippen LogP contribution >= 0.6 is 11.3 Å². The zero-order valence-electron chi connectivity index (χ0n) is 7.37. The maximum atomic E-state index is 11.1. The summed E-state index contributed by atoms with van der Waals surface area (Å²) in [6, 6.07) is 3.54. The van der Waals surface area contributed by atoms with Gasteiger partial charge in [0, 0.05) is 11.4 Å². The van der Waals surface area contributed by atoms with Crippen molar-refractivity contribution in [2.45, 2.75) is 0 Å². The number of rotatable bonds is 3. The van der Waals surface area contributed by atoms with Crippen molar-refractivity contribution in [2.75, 3.05) is 13.7 Å². The van der Waals surface area contributed by atoms with Crippen molar-refractivity contribution >= 4 is 22.9 Å². The van der Waals surface area contributed by atoms with Crippen LogP contribution in [-0.4, -0.2) is 19.6 Å². The normalized spacial score (nSPS) is 9.69. The molecule has 0 radical (unpaired) electrons. The van der Waals surface area contributed by atoms with E-state index in [1.165, 1.54) is 18.4 Å². The lowest BCUT2D eigenvalue weighted by atomic mass is 10.2. The van der Waals surface area contributed by atoms with Crippen LogP contribution in [0.2, 0.25) is 0 Å². The number of hydrogen-bond donors (Lipinski definition) is 1. The van der Waals surface area contributed by atoms with Crippen molar-refractivity contribution in [1.82, 2.24) is 0 Å². The second-order valence-electron chi connectivity index (χ2n) is 2.46. The third kappa shape index (κ3) is 2.17. The lowest BCUT2D eigenvalue weighted by molar-refractivity contribution is 0.0606. The molecule has 2 N–H and O–H groups in total. The van der Waals surface area contributed by atoms with Gasteiger partial charge >= 0.3 is 5.97 Å². The van der Waals surface area contributed by atoms with Crippen LogP contribution in [0.5, 0.6) is 0 Å². The molecule has 0 aliphatic heterocycles. The lowest BCUT2D eigenvalue weighted by Gasteiger charge is -1.95. The fraction of sp³-hybridized carbons (Fsp3) is 0.222. The zero-order chi connectivity index (χ0) is 9.84. The Morgan fingerprint density at radius 1 is 1.62 bits per heavy atom. The number of carbonyl (C=O) groups excluding carboxylic acids is 1. The first-order valence-electron chi connectivity index (χ1n) is 3.75. The molecule has 0 bridgehead atoms. The average Bonchev–Trinajstić information content (AvgIpc) is 2.64. The molecule has 0 saturated carbocycles. The van der Waals surface area contributed by atoms with Gasteiger partial charge in [0.05, 0.1) is 7.11 Å². The Morgan fingerprint density at radius 3 is 2.77 bits per heavy atom. The van der Waals surface area contributed by atoms with Crippen molar-refractivity contribution in [3.63, 3.8) is 0 Å². The zero-order valence-corrected chi connectivity index (χ0v) is 8.19. The van der Waals surface area contributed by atoms with Gasteiger partial charge in [-0.2, -0.15) is 0 Å². The summed E-state index contributed by atoms with van der Waals surface area (Å²) in [7, 11) is 1.36. The summed E-state index contributed by atoms with van der Waals surface area (Å²) < 4.78 is 4.57. The van der Waals surface area contributed by atoms with E-state index in [0.29, 0.717) is 11.4 Å². The number of carbonyl (C=O) groups is 1. The Hall–Kier alpha value is -1.13. The summed E-state index contributed by atoms with van der Waals surface area (Å²) in [4.78, 5) is 12.6. The lowest BCUT2D eigenvalue weighted by Crippen LogP contribution is -1.99. The molecule has 0 amide bonds. The minimum Gasteiger partial charge on any atom is -0.465 e. The van der Waals surface area contributed by atoms with E-state index in [1.54, 1.807) is 6.07 Å². The molecule has 0 aliphatic rings. The first-order valence-corrected chi connectivity index (χ1v) is 4.57. The fourth-order valence-electron chi connectivity index (χ4n) is 0.839. The number of ether oxygens (including phenoxy) is 1. The summed E-state index contributed by atoms with van der Waals surface area (Å²) in [5.41, 5.74) is 6.25. The van der Waals surface area contributed by atoms with Crippen LogP contribution < -0.4 is 5.73 Å². The second-order valence-corrected chi connectivity index (χ2v) is 3.55. The predicted molar refractivity (Wildman–Crippen MR) is 53.7 cm³/mol. The molecule has 1 rings (SSSR count). The minimum atomic E-state index is -0.318. The minimum absolute atomic E-state index is 0.318. The number of esters is 1. The van der Waals surface area contributed by atoms with Gasteiger partial charge in [0.25, 0.3) is 0 Å². The summed E-state index contributed by atoms with van der Waals surface area (Å²) in [5.74, 6) is -0.318. The van der Waals surface area contributed by atoms with Gasteiger partial charge in [-0.05, 0) is 17.7 Å². The largest absolute Gasteiger partial charge is 0.465 e. The quantitative estimate of drug-likeness (QED) is 0.747. The Morgan fingerprint density at radius 2 is 2.23 bits per heavy atom. The van der Waals surface area contributed by atoms with Crippen molar-refractivity contribution in [1.29, 1.82) is 0 Å². The van der Waals surface area contributed by atoms with Gasteiger partial charge in [-0.1, -0.05) is 6.58 Å². The number of hydrogen-bond acceptors (Lipinski definition) is 4. The number of methoxy groups -OCH3 is 1. The van der Waals surface area contributed by atoms with Crippen LogP contribution in [0.15, 0.2) is 18.7 Å². The van der Waals surface area contributed by atoms with Crippen molar-refractivity contribution in [2.24, 2.45) is 5.73 Å². The van der Waals surface area contributed by atoms with Crippen LogP contribution in [0.4, 0.5) is 0 Å².